The maximum Gasteiger partial charge on any atom is 0.220 e. The van der Waals surface area contributed by atoms with E-state index in [0.29, 0.717) is 31.7 Å². The molecule has 0 aliphatic carbocycles. The van der Waals surface area contributed by atoms with Crippen LogP contribution >= 0.6 is 12.4 Å². The van der Waals surface area contributed by atoms with Crippen molar-refractivity contribution in [1.29, 1.82) is 0 Å². The number of nitrogens with one attached hydrogen (secondary N) is 1. The average Bonchev–Trinajstić information content (AvgIpc) is 2.54. The molecule has 3 N–H and O–H groups in total. The minimum atomic E-state index is -0.331. The largest absolute Gasteiger partial charge is 0.493 e. The smallest absolute Gasteiger partial charge is 0.220 e. The van der Waals surface area contributed by atoms with Crippen molar-refractivity contribution in [2.75, 3.05) is 18.9 Å². The van der Waals surface area contributed by atoms with Gasteiger partial charge in [0.15, 0.2) is 0 Å². The van der Waals surface area contributed by atoms with Crippen LogP contribution in [0.3, 0.4) is 0 Å². The highest BCUT2D eigenvalue weighted by molar-refractivity contribution is 5.85. The Kier molecular flexibility index (Phi) is 8.65. The second-order valence-electron chi connectivity index (χ2n) is 5.25. The highest BCUT2D eigenvalue weighted by Gasteiger charge is 2.02. The first-order chi connectivity index (χ1) is 11.1. The lowest BCUT2D eigenvalue weighted by Crippen LogP contribution is -2.25. The van der Waals surface area contributed by atoms with Gasteiger partial charge in [-0.15, -0.1) is 12.4 Å². The van der Waals surface area contributed by atoms with E-state index in [1.165, 1.54) is 12.1 Å². The van der Waals surface area contributed by atoms with Gasteiger partial charge >= 0.3 is 0 Å². The third-order valence-corrected chi connectivity index (χ3v) is 3.33. The van der Waals surface area contributed by atoms with Gasteiger partial charge in [0.1, 0.15) is 11.6 Å². The number of rotatable bonds is 8. The minimum absolute atomic E-state index is 0. The standard InChI is InChI=1S/C18H21FN2O2.ClH/c19-15-3-1-4-17(13-15)23-12-2-5-18(22)21-11-10-14-6-8-16(20)9-7-14;/h1,3-4,6-9,13H,2,5,10-12,20H2,(H,21,22);1H. The van der Waals surface area contributed by atoms with Gasteiger partial charge < -0.3 is 15.8 Å². The molecule has 0 fully saturated rings. The Morgan fingerprint density at radius 1 is 1.17 bits per heavy atom. The monoisotopic (exact) mass is 352 g/mol. The maximum absolute atomic E-state index is 13.0. The van der Waals surface area contributed by atoms with Crippen molar-refractivity contribution in [3.63, 3.8) is 0 Å². The molecule has 0 atom stereocenters. The topological polar surface area (TPSA) is 64.3 Å². The Hall–Kier alpha value is -2.27. The van der Waals surface area contributed by atoms with Crippen LogP contribution < -0.4 is 15.8 Å². The van der Waals surface area contributed by atoms with Gasteiger partial charge in [0, 0.05) is 24.7 Å². The lowest BCUT2D eigenvalue weighted by atomic mass is 10.1. The summed E-state index contributed by atoms with van der Waals surface area (Å²) in [5.41, 5.74) is 7.49. The van der Waals surface area contributed by atoms with Crippen LogP contribution in [-0.4, -0.2) is 19.1 Å². The summed E-state index contributed by atoms with van der Waals surface area (Å²) >= 11 is 0. The van der Waals surface area contributed by atoms with Gasteiger partial charge in [-0.25, -0.2) is 4.39 Å². The molecule has 0 aliphatic heterocycles. The minimum Gasteiger partial charge on any atom is -0.493 e. The van der Waals surface area contributed by atoms with E-state index in [1.807, 2.05) is 24.3 Å². The number of benzene rings is 2. The molecule has 2 aromatic carbocycles. The molecule has 0 unspecified atom stereocenters. The van der Waals surface area contributed by atoms with Crippen LogP contribution in [-0.2, 0) is 11.2 Å². The highest BCUT2D eigenvalue weighted by Crippen LogP contribution is 2.12. The van der Waals surface area contributed by atoms with Crippen LogP contribution in [0.1, 0.15) is 18.4 Å². The van der Waals surface area contributed by atoms with Gasteiger partial charge in [0.05, 0.1) is 6.61 Å². The van der Waals surface area contributed by atoms with E-state index in [0.717, 1.165) is 17.7 Å². The molecule has 2 aromatic rings. The van der Waals surface area contributed by atoms with Crippen LogP contribution in [0.4, 0.5) is 10.1 Å². The van der Waals surface area contributed by atoms with Crippen LogP contribution in [0.5, 0.6) is 5.75 Å². The van der Waals surface area contributed by atoms with Crippen molar-refractivity contribution in [2.45, 2.75) is 19.3 Å². The van der Waals surface area contributed by atoms with Crippen LogP contribution in [0, 0.1) is 5.82 Å². The maximum atomic E-state index is 13.0. The predicted octanol–water partition coefficient (Wildman–Crippen LogP) is 3.35. The lowest BCUT2D eigenvalue weighted by molar-refractivity contribution is -0.121. The number of hydrogen-bond acceptors (Lipinski definition) is 3. The Morgan fingerprint density at radius 3 is 2.62 bits per heavy atom. The quantitative estimate of drug-likeness (QED) is 0.565. The first-order valence-corrected chi connectivity index (χ1v) is 7.63. The second-order valence-corrected chi connectivity index (χ2v) is 5.25. The van der Waals surface area contributed by atoms with Crippen LogP contribution in [0.2, 0.25) is 0 Å². The normalized spacial score (nSPS) is 9.88. The van der Waals surface area contributed by atoms with Crippen molar-refractivity contribution in [3.8, 4) is 5.75 Å². The first-order valence-electron chi connectivity index (χ1n) is 7.63. The number of halogens is 2. The second kappa shape index (κ2) is 10.5. The molecule has 0 spiro atoms. The molecule has 2 rings (SSSR count). The SMILES string of the molecule is Cl.Nc1ccc(CCNC(=O)CCCOc2cccc(F)c2)cc1. The van der Waals surface area contributed by atoms with Gasteiger partial charge in [-0.1, -0.05) is 18.2 Å². The number of carbonyl (C=O) groups excluding carboxylic acids is 1. The van der Waals surface area contributed by atoms with Crippen molar-refractivity contribution < 1.29 is 13.9 Å². The summed E-state index contributed by atoms with van der Waals surface area (Å²) in [5, 5.41) is 2.87. The first kappa shape index (κ1) is 19.8. The zero-order chi connectivity index (χ0) is 16.5. The van der Waals surface area contributed by atoms with Crippen LogP contribution in [0.15, 0.2) is 48.5 Å². The summed E-state index contributed by atoms with van der Waals surface area (Å²) in [7, 11) is 0. The molecule has 24 heavy (non-hydrogen) atoms. The Labute approximate surface area is 147 Å². The van der Waals surface area contributed by atoms with Gasteiger partial charge in [0.2, 0.25) is 5.91 Å². The number of carbonyl (C=O) groups is 1. The summed E-state index contributed by atoms with van der Waals surface area (Å²) in [4.78, 5) is 11.7. The van der Waals surface area contributed by atoms with Crippen LogP contribution in [0.25, 0.3) is 0 Å². The van der Waals surface area contributed by atoms with E-state index < -0.39 is 0 Å². The van der Waals surface area contributed by atoms with E-state index in [-0.39, 0.29) is 24.1 Å². The summed E-state index contributed by atoms with van der Waals surface area (Å²) in [5.74, 6) is 0.139. The molecule has 0 heterocycles. The number of hydrogen-bond donors (Lipinski definition) is 2. The van der Waals surface area contributed by atoms with Crippen molar-refractivity contribution in [3.05, 3.63) is 59.9 Å². The molecule has 0 bridgehead atoms. The Bertz CT molecular complexity index is 635. The molecule has 130 valence electrons. The molecule has 4 nitrogen and oxygen atoms in total. The zero-order valence-corrected chi connectivity index (χ0v) is 14.2. The molecule has 6 heteroatoms. The van der Waals surface area contributed by atoms with Crippen molar-refractivity contribution >= 4 is 24.0 Å². The molecular weight excluding hydrogens is 331 g/mol. The van der Waals surface area contributed by atoms with Crippen molar-refractivity contribution in [1.82, 2.24) is 5.32 Å². The van der Waals surface area contributed by atoms with Gasteiger partial charge in [-0.3, -0.25) is 4.79 Å². The fourth-order valence-corrected chi connectivity index (χ4v) is 2.10. The molecule has 0 aliphatic rings. The molecule has 0 saturated heterocycles. The third-order valence-electron chi connectivity index (χ3n) is 3.33. The molecule has 0 saturated carbocycles. The fraction of sp³-hybridized carbons (Fsp3) is 0.278. The third kappa shape index (κ3) is 7.33. The predicted molar refractivity (Wildman–Crippen MR) is 95.9 cm³/mol. The van der Waals surface area contributed by atoms with Gasteiger partial charge in [0.25, 0.3) is 0 Å². The van der Waals surface area contributed by atoms with E-state index in [2.05, 4.69) is 5.32 Å². The highest BCUT2D eigenvalue weighted by atomic mass is 35.5. The molecule has 1 amide bonds. The number of amides is 1. The number of nitrogens with two attached hydrogens (primary N) is 1. The van der Waals surface area contributed by atoms with Crippen molar-refractivity contribution in [2.24, 2.45) is 0 Å². The average molecular weight is 353 g/mol. The molecule has 0 aromatic heterocycles. The summed E-state index contributed by atoms with van der Waals surface area (Å²) < 4.78 is 18.3. The van der Waals surface area contributed by atoms with E-state index in [4.69, 9.17) is 10.5 Å². The summed E-state index contributed by atoms with van der Waals surface area (Å²) in [6.07, 6.45) is 1.74. The van der Waals surface area contributed by atoms with E-state index >= 15 is 0 Å². The Balaban J connectivity index is 0.00000288. The summed E-state index contributed by atoms with van der Waals surface area (Å²) in [6.45, 7) is 0.975. The fourth-order valence-electron chi connectivity index (χ4n) is 2.10. The zero-order valence-electron chi connectivity index (χ0n) is 13.3. The Morgan fingerprint density at radius 2 is 1.92 bits per heavy atom. The number of nitrogen functional groups attached to an aromatic ring is 1. The van der Waals surface area contributed by atoms with E-state index in [9.17, 15) is 9.18 Å². The number of ether oxygens (including phenoxy) is 1. The van der Waals surface area contributed by atoms with Gasteiger partial charge in [-0.05, 0) is 42.7 Å². The summed E-state index contributed by atoms with van der Waals surface area (Å²) in [6, 6.07) is 13.6. The molecular formula is C18H22ClFN2O2. The number of anilines is 1. The molecule has 0 radical (unpaired) electrons. The van der Waals surface area contributed by atoms with E-state index in [1.54, 1.807) is 12.1 Å². The van der Waals surface area contributed by atoms with Gasteiger partial charge in [-0.2, -0.15) is 0 Å². The lowest BCUT2D eigenvalue weighted by Gasteiger charge is -2.07.